The zero-order valence-electron chi connectivity index (χ0n) is 23.3. The second kappa shape index (κ2) is 11.5. The first-order valence-electron chi connectivity index (χ1n) is 13.4. The fraction of sp³-hybridized carbons (Fsp3) is 0.367. The van der Waals surface area contributed by atoms with Crippen molar-refractivity contribution in [2.75, 3.05) is 36.8 Å². The van der Waals surface area contributed by atoms with Crippen molar-refractivity contribution in [3.63, 3.8) is 0 Å². The van der Waals surface area contributed by atoms with E-state index >= 15 is 0 Å². The molecular formula is C30H31F3N4O2S2. The van der Waals surface area contributed by atoms with Gasteiger partial charge >= 0.3 is 6.18 Å². The Morgan fingerprint density at radius 2 is 1.78 bits per heavy atom. The second-order valence-electron chi connectivity index (χ2n) is 10.2. The van der Waals surface area contributed by atoms with Gasteiger partial charge in [-0.15, -0.1) is 11.3 Å². The van der Waals surface area contributed by atoms with Gasteiger partial charge in [-0.25, -0.2) is 4.98 Å². The fourth-order valence-electron chi connectivity index (χ4n) is 5.20. The first-order chi connectivity index (χ1) is 19.5. The van der Waals surface area contributed by atoms with E-state index in [1.165, 1.54) is 29.2 Å². The number of hydrogen-bond donors (Lipinski definition) is 0. The minimum Gasteiger partial charge on any atom is -0.368 e. The maximum atomic E-state index is 14.0. The summed E-state index contributed by atoms with van der Waals surface area (Å²) in [4.78, 5) is 37.4. The quantitative estimate of drug-likeness (QED) is 0.190. The van der Waals surface area contributed by atoms with Gasteiger partial charge in [0.25, 0.3) is 5.56 Å². The predicted octanol–water partition coefficient (Wildman–Crippen LogP) is 6.39. The lowest BCUT2D eigenvalue weighted by molar-refractivity contribution is -0.137. The molecule has 6 nitrogen and oxygen atoms in total. The number of anilines is 1. The van der Waals surface area contributed by atoms with Crippen LogP contribution in [-0.4, -0.2) is 52.3 Å². The number of fused-ring (bicyclic) bond motifs is 1. The Morgan fingerprint density at radius 1 is 1.05 bits per heavy atom. The second-order valence-corrected chi connectivity index (χ2v) is 12.3. The topological polar surface area (TPSA) is 58.4 Å². The van der Waals surface area contributed by atoms with E-state index in [0.717, 1.165) is 45.8 Å². The first kappa shape index (κ1) is 29.2. The van der Waals surface area contributed by atoms with Crippen LogP contribution in [0.2, 0.25) is 0 Å². The molecule has 0 aliphatic carbocycles. The number of carbonyl (C=O) groups is 1. The molecule has 41 heavy (non-hydrogen) atoms. The van der Waals surface area contributed by atoms with E-state index in [0.29, 0.717) is 47.2 Å². The molecule has 3 heterocycles. The Bertz CT molecular complexity index is 1670. The summed E-state index contributed by atoms with van der Waals surface area (Å²) in [6.45, 7) is 9.63. The molecule has 0 N–H and O–H groups in total. The normalized spacial score (nSPS) is 14.2. The molecule has 0 radical (unpaired) electrons. The molecule has 1 aliphatic heterocycles. The van der Waals surface area contributed by atoms with Crippen molar-refractivity contribution in [3.8, 4) is 5.69 Å². The molecule has 0 atom stereocenters. The van der Waals surface area contributed by atoms with Crippen molar-refractivity contribution in [3.05, 3.63) is 79.9 Å². The molecule has 0 unspecified atom stereocenters. The van der Waals surface area contributed by atoms with Crippen LogP contribution in [0, 0.1) is 20.8 Å². The molecule has 5 rings (SSSR count). The molecule has 0 spiro atoms. The molecule has 1 fully saturated rings. The number of carbonyl (C=O) groups excluding carboxylic acids is 1. The largest absolute Gasteiger partial charge is 0.416 e. The molecule has 11 heteroatoms. The Kier molecular flexibility index (Phi) is 8.20. The average molecular weight is 601 g/mol. The zero-order chi connectivity index (χ0) is 29.5. The number of thiophene rings is 1. The third kappa shape index (κ3) is 5.88. The number of rotatable bonds is 6. The van der Waals surface area contributed by atoms with Gasteiger partial charge in [0.2, 0.25) is 5.91 Å². The fourth-order valence-corrected chi connectivity index (χ4v) is 7.27. The van der Waals surface area contributed by atoms with E-state index in [1.807, 2.05) is 50.8 Å². The lowest BCUT2D eigenvalue weighted by Crippen LogP contribution is -2.49. The zero-order valence-corrected chi connectivity index (χ0v) is 25.0. The lowest BCUT2D eigenvalue weighted by Gasteiger charge is -2.36. The van der Waals surface area contributed by atoms with Crippen LogP contribution in [0.3, 0.4) is 0 Å². The summed E-state index contributed by atoms with van der Waals surface area (Å²) in [6.07, 6.45) is -3.67. The number of halogens is 3. The van der Waals surface area contributed by atoms with Gasteiger partial charge < -0.3 is 9.80 Å². The highest BCUT2D eigenvalue weighted by Crippen LogP contribution is 2.33. The summed E-state index contributed by atoms with van der Waals surface area (Å²) >= 11 is 2.74. The molecular weight excluding hydrogens is 569 g/mol. The van der Waals surface area contributed by atoms with Gasteiger partial charge in [0.1, 0.15) is 4.83 Å². The number of aryl methyl sites for hydroxylation is 4. The van der Waals surface area contributed by atoms with Crippen molar-refractivity contribution < 1.29 is 18.0 Å². The summed E-state index contributed by atoms with van der Waals surface area (Å²) in [6, 6.07) is 11.2. The monoisotopic (exact) mass is 600 g/mol. The van der Waals surface area contributed by atoms with Crippen LogP contribution in [0.25, 0.3) is 15.9 Å². The van der Waals surface area contributed by atoms with Crippen molar-refractivity contribution in [2.45, 2.75) is 45.4 Å². The van der Waals surface area contributed by atoms with E-state index in [1.54, 1.807) is 15.5 Å². The van der Waals surface area contributed by atoms with Crippen LogP contribution < -0.4 is 10.5 Å². The van der Waals surface area contributed by atoms with Crippen LogP contribution >= 0.6 is 23.1 Å². The van der Waals surface area contributed by atoms with Gasteiger partial charge in [0.05, 0.1) is 22.4 Å². The van der Waals surface area contributed by atoms with Gasteiger partial charge in [-0.05, 0) is 68.1 Å². The third-order valence-corrected chi connectivity index (χ3v) is 9.42. The molecule has 2 aromatic heterocycles. The number of alkyl halides is 3. The molecule has 1 aliphatic rings. The summed E-state index contributed by atoms with van der Waals surface area (Å²) in [5.41, 5.74) is 3.39. The number of amides is 1. The Hall–Kier alpha value is -3.31. The number of aromatic nitrogens is 2. The van der Waals surface area contributed by atoms with Crippen LogP contribution in [-0.2, 0) is 17.4 Å². The summed E-state index contributed by atoms with van der Waals surface area (Å²) < 4.78 is 41.1. The molecule has 1 amide bonds. The standard InChI is InChI=1S/C30H31F3N4O2S2/c1-5-23-20(4)41-27-26(23)28(39)37(24-15-18(2)9-10-19(24)3)29(34-27)40-17-25(38)36-13-11-35(12-14-36)22-8-6-7-21(16-22)30(31,32)33/h6-10,15-16H,5,11-14,17H2,1-4H3. The summed E-state index contributed by atoms with van der Waals surface area (Å²) in [5.74, 6) is -0.00525. The van der Waals surface area contributed by atoms with Gasteiger partial charge in [-0.2, -0.15) is 13.2 Å². The van der Waals surface area contributed by atoms with Crippen LogP contribution in [0.1, 0.15) is 34.1 Å². The van der Waals surface area contributed by atoms with Crippen LogP contribution in [0.15, 0.2) is 52.4 Å². The van der Waals surface area contributed by atoms with E-state index in [2.05, 4.69) is 0 Å². The molecule has 216 valence electrons. The van der Waals surface area contributed by atoms with E-state index in [9.17, 15) is 22.8 Å². The SMILES string of the molecule is CCc1c(C)sc2nc(SCC(=O)N3CCN(c4cccc(C(F)(F)F)c4)CC3)n(-c3cc(C)ccc3C)c(=O)c12. The highest BCUT2D eigenvalue weighted by atomic mass is 32.2. The third-order valence-electron chi connectivity index (χ3n) is 7.45. The maximum Gasteiger partial charge on any atom is 0.416 e. The minimum atomic E-state index is -4.40. The van der Waals surface area contributed by atoms with Crippen LogP contribution in [0.4, 0.5) is 18.9 Å². The number of piperazine rings is 1. The van der Waals surface area contributed by atoms with Crippen molar-refractivity contribution >= 4 is 44.9 Å². The molecule has 1 saturated heterocycles. The highest BCUT2D eigenvalue weighted by Gasteiger charge is 2.31. The smallest absolute Gasteiger partial charge is 0.368 e. The van der Waals surface area contributed by atoms with Crippen LogP contribution in [0.5, 0.6) is 0 Å². The predicted molar refractivity (Wildman–Crippen MR) is 160 cm³/mol. The van der Waals surface area contributed by atoms with Gasteiger partial charge in [0, 0.05) is 36.7 Å². The van der Waals surface area contributed by atoms with Crippen molar-refractivity contribution in [2.24, 2.45) is 0 Å². The first-order valence-corrected chi connectivity index (χ1v) is 15.2. The van der Waals surface area contributed by atoms with Crippen molar-refractivity contribution in [1.29, 1.82) is 0 Å². The van der Waals surface area contributed by atoms with Gasteiger partial charge in [-0.3, -0.25) is 14.2 Å². The Morgan fingerprint density at radius 3 is 2.46 bits per heavy atom. The number of nitrogens with zero attached hydrogens (tertiary/aromatic N) is 4. The molecule has 0 saturated carbocycles. The maximum absolute atomic E-state index is 14.0. The highest BCUT2D eigenvalue weighted by molar-refractivity contribution is 7.99. The minimum absolute atomic E-state index is 0.0946. The number of benzene rings is 2. The Labute approximate surface area is 244 Å². The summed E-state index contributed by atoms with van der Waals surface area (Å²) in [5, 5.41) is 1.10. The summed E-state index contributed by atoms with van der Waals surface area (Å²) in [7, 11) is 0. The molecule has 2 aromatic carbocycles. The van der Waals surface area contributed by atoms with Crippen molar-refractivity contribution in [1.82, 2.24) is 14.5 Å². The van der Waals surface area contributed by atoms with Gasteiger partial charge in [0.15, 0.2) is 5.16 Å². The average Bonchev–Trinajstić information content (AvgIpc) is 3.28. The van der Waals surface area contributed by atoms with Gasteiger partial charge in [-0.1, -0.05) is 36.9 Å². The lowest BCUT2D eigenvalue weighted by atomic mass is 10.1. The Balaban J connectivity index is 1.37. The molecule has 4 aromatic rings. The van der Waals surface area contributed by atoms with E-state index in [-0.39, 0.29) is 17.2 Å². The van der Waals surface area contributed by atoms with E-state index in [4.69, 9.17) is 4.98 Å². The number of thioether (sulfide) groups is 1. The number of hydrogen-bond acceptors (Lipinski definition) is 6. The van der Waals surface area contributed by atoms with E-state index < -0.39 is 11.7 Å². The molecule has 0 bridgehead atoms.